The third kappa shape index (κ3) is 3.51. The van der Waals surface area contributed by atoms with Gasteiger partial charge >= 0.3 is 0 Å². The van der Waals surface area contributed by atoms with Crippen LogP contribution in [0.25, 0.3) is 0 Å². The predicted molar refractivity (Wildman–Crippen MR) is 75.5 cm³/mol. The molecule has 6 heteroatoms. The molecule has 19 heavy (non-hydrogen) atoms. The molecule has 0 bridgehead atoms. The summed E-state index contributed by atoms with van der Waals surface area (Å²) in [6, 6.07) is 6.62. The molecular formula is C13H8Br2F3N. The van der Waals surface area contributed by atoms with E-state index in [9.17, 15) is 13.2 Å². The maximum Gasteiger partial charge on any atom is 0.149 e. The Morgan fingerprint density at radius 2 is 1.53 bits per heavy atom. The minimum absolute atomic E-state index is 0.175. The van der Waals surface area contributed by atoms with Crippen molar-refractivity contribution in [3.8, 4) is 0 Å². The van der Waals surface area contributed by atoms with Gasteiger partial charge in [-0.15, -0.1) is 0 Å². The summed E-state index contributed by atoms with van der Waals surface area (Å²) in [6.45, 7) is 0.299. The Labute approximate surface area is 125 Å². The van der Waals surface area contributed by atoms with E-state index < -0.39 is 11.6 Å². The number of hydrogen-bond acceptors (Lipinski definition) is 1. The highest BCUT2D eigenvalue weighted by atomic mass is 79.9. The lowest BCUT2D eigenvalue weighted by Crippen LogP contribution is -2.02. The van der Waals surface area contributed by atoms with Gasteiger partial charge in [-0.3, -0.25) is 0 Å². The minimum Gasteiger partial charge on any atom is -0.379 e. The van der Waals surface area contributed by atoms with Gasteiger partial charge < -0.3 is 5.32 Å². The fraction of sp³-hybridized carbons (Fsp3) is 0.0769. The van der Waals surface area contributed by atoms with Crippen LogP contribution < -0.4 is 5.32 Å². The molecule has 0 aromatic heterocycles. The van der Waals surface area contributed by atoms with Crippen molar-refractivity contribution in [2.24, 2.45) is 0 Å². The summed E-state index contributed by atoms with van der Waals surface area (Å²) in [5.41, 5.74) is 0.946. The van der Waals surface area contributed by atoms with Gasteiger partial charge in [0.15, 0.2) is 0 Å². The summed E-state index contributed by atoms with van der Waals surface area (Å²) in [5.74, 6) is -1.70. The molecule has 0 aliphatic carbocycles. The van der Waals surface area contributed by atoms with Gasteiger partial charge in [0.1, 0.15) is 17.5 Å². The first-order valence-electron chi connectivity index (χ1n) is 5.29. The molecule has 0 spiro atoms. The molecule has 0 aliphatic rings. The maximum atomic E-state index is 13.5. The Balaban J connectivity index is 2.14. The van der Waals surface area contributed by atoms with Crippen LogP contribution in [0.2, 0.25) is 0 Å². The van der Waals surface area contributed by atoms with Crippen molar-refractivity contribution < 1.29 is 13.2 Å². The number of anilines is 1. The fourth-order valence-corrected chi connectivity index (χ4v) is 2.27. The van der Waals surface area contributed by atoms with Crippen LogP contribution in [-0.4, -0.2) is 0 Å². The van der Waals surface area contributed by atoms with Gasteiger partial charge in [0, 0.05) is 12.6 Å². The van der Waals surface area contributed by atoms with Crippen molar-refractivity contribution in [3.63, 3.8) is 0 Å². The van der Waals surface area contributed by atoms with E-state index in [1.165, 1.54) is 12.1 Å². The van der Waals surface area contributed by atoms with Gasteiger partial charge in [-0.05, 0) is 55.6 Å². The van der Waals surface area contributed by atoms with Crippen LogP contribution in [0.5, 0.6) is 0 Å². The highest BCUT2D eigenvalue weighted by Crippen LogP contribution is 2.24. The van der Waals surface area contributed by atoms with Gasteiger partial charge in [-0.25, -0.2) is 13.2 Å². The van der Waals surface area contributed by atoms with E-state index in [1.54, 1.807) is 12.1 Å². The lowest BCUT2D eigenvalue weighted by atomic mass is 10.2. The standard InChI is InChI=1S/C13H8Br2F3N/c14-8-3-7(1-2-10(8)16)6-19-13-4-9(15)11(17)5-12(13)18/h1-5,19H,6H2. The molecule has 0 fully saturated rings. The highest BCUT2D eigenvalue weighted by Gasteiger charge is 2.08. The molecule has 0 saturated heterocycles. The zero-order valence-electron chi connectivity index (χ0n) is 9.48. The molecule has 0 amide bonds. The normalized spacial score (nSPS) is 10.6. The SMILES string of the molecule is Fc1ccc(CNc2cc(Br)c(F)cc2F)cc1Br. The fourth-order valence-electron chi connectivity index (χ4n) is 1.50. The lowest BCUT2D eigenvalue weighted by molar-refractivity contribution is 0.580. The quantitative estimate of drug-likeness (QED) is 0.702. The van der Waals surface area contributed by atoms with Crippen LogP contribution >= 0.6 is 31.9 Å². The molecule has 2 aromatic rings. The first-order chi connectivity index (χ1) is 8.97. The van der Waals surface area contributed by atoms with E-state index in [2.05, 4.69) is 37.2 Å². The minimum atomic E-state index is -0.679. The Bertz CT molecular complexity index is 617. The summed E-state index contributed by atoms with van der Waals surface area (Å²) in [6.07, 6.45) is 0. The molecule has 1 N–H and O–H groups in total. The number of halogens is 5. The third-order valence-electron chi connectivity index (χ3n) is 2.48. The highest BCUT2D eigenvalue weighted by molar-refractivity contribution is 9.10. The van der Waals surface area contributed by atoms with E-state index >= 15 is 0 Å². The molecule has 0 saturated carbocycles. The first-order valence-corrected chi connectivity index (χ1v) is 6.88. The molecule has 0 atom stereocenters. The van der Waals surface area contributed by atoms with Gasteiger partial charge in [0.25, 0.3) is 0 Å². The first kappa shape index (κ1) is 14.4. The maximum absolute atomic E-state index is 13.5. The van der Waals surface area contributed by atoms with Gasteiger partial charge in [-0.1, -0.05) is 6.07 Å². The van der Waals surface area contributed by atoms with Crippen LogP contribution in [0.3, 0.4) is 0 Å². The summed E-state index contributed by atoms with van der Waals surface area (Å²) >= 11 is 6.06. The van der Waals surface area contributed by atoms with Gasteiger partial charge in [0.2, 0.25) is 0 Å². The molecule has 0 radical (unpaired) electrons. The monoisotopic (exact) mass is 393 g/mol. The molecule has 1 nitrogen and oxygen atoms in total. The van der Waals surface area contributed by atoms with E-state index in [4.69, 9.17) is 0 Å². The number of hydrogen-bond donors (Lipinski definition) is 1. The largest absolute Gasteiger partial charge is 0.379 e. The molecule has 2 rings (SSSR count). The molecule has 0 heterocycles. The second-order valence-electron chi connectivity index (χ2n) is 3.85. The van der Waals surface area contributed by atoms with Crippen LogP contribution in [0.4, 0.5) is 18.9 Å². The van der Waals surface area contributed by atoms with Crippen molar-refractivity contribution in [2.75, 3.05) is 5.32 Å². The smallest absolute Gasteiger partial charge is 0.149 e. The predicted octanol–water partition coefficient (Wildman–Crippen LogP) is 5.24. The van der Waals surface area contributed by atoms with Crippen molar-refractivity contribution >= 4 is 37.5 Å². The van der Waals surface area contributed by atoms with Crippen LogP contribution in [0, 0.1) is 17.5 Å². The number of benzene rings is 2. The average molecular weight is 395 g/mol. The van der Waals surface area contributed by atoms with E-state index in [0.29, 0.717) is 11.0 Å². The number of nitrogens with one attached hydrogen (secondary N) is 1. The summed E-state index contributed by atoms with van der Waals surface area (Å²) in [5, 5.41) is 2.83. The van der Waals surface area contributed by atoms with Gasteiger partial charge in [0.05, 0.1) is 14.6 Å². The van der Waals surface area contributed by atoms with Crippen molar-refractivity contribution in [2.45, 2.75) is 6.54 Å². The van der Waals surface area contributed by atoms with Crippen LogP contribution in [0.15, 0.2) is 39.3 Å². The zero-order chi connectivity index (χ0) is 14.0. The lowest BCUT2D eigenvalue weighted by Gasteiger charge is -2.09. The van der Waals surface area contributed by atoms with Crippen molar-refractivity contribution in [1.82, 2.24) is 0 Å². The van der Waals surface area contributed by atoms with E-state index in [0.717, 1.165) is 11.6 Å². The Kier molecular flexibility index (Phi) is 4.52. The van der Waals surface area contributed by atoms with Crippen molar-refractivity contribution in [3.05, 3.63) is 62.3 Å². The molecule has 100 valence electrons. The number of rotatable bonds is 3. The van der Waals surface area contributed by atoms with Crippen LogP contribution in [-0.2, 0) is 6.54 Å². The Hall–Kier alpha value is -1.01. The average Bonchev–Trinajstić information content (AvgIpc) is 2.36. The summed E-state index contributed by atoms with van der Waals surface area (Å²) in [7, 11) is 0. The van der Waals surface area contributed by atoms with Crippen LogP contribution in [0.1, 0.15) is 5.56 Å². The zero-order valence-corrected chi connectivity index (χ0v) is 12.7. The Morgan fingerprint density at radius 3 is 2.21 bits per heavy atom. The third-order valence-corrected chi connectivity index (χ3v) is 3.69. The molecule has 2 aromatic carbocycles. The van der Waals surface area contributed by atoms with Crippen molar-refractivity contribution in [1.29, 1.82) is 0 Å². The summed E-state index contributed by atoms with van der Waals surface area (Å²) < 4.78 is 40.1. The molecule has 0 unspecified atom stereocenters. The molecule has 0 aliphatic heterocycles. The van der Waals surface area contributed by atoms with E-state index in [1.807, 2.05) is 0 Å². The molecular weight excluding hydrogens is 387 g/mol. The second-order valence-corrected chi connectivity index (χ2v) is 5.56. The van der Waals surface area contributed by atoms with Gasteiger partial charge in [-0.2, -0.15) is 0 Å². The topological polar surface area (TPSA) is 12.0 Å². The Morgan fingerprint density at radius 1 is 0.842 bits per heavy atom. The second kappa shape index (κ2) is 5.96. The van der Waals surface area contributed by atoms with E-state index in [-0.39, 0.29) is 16.0 Å². The summed E-state index contributed by atoms with van der Waals surface area (Å²) in [4.78, 5) is 0.